The maximum atomic E-state index is 14.0. The number of furan rings is 1. The molecule has 182 valence electrons. The van der Waals surface area contributed by atoms with Gasteiger partial charge >= 0.3 is 0 Å². The molecule has 0 bridgehead atoms. The summed E-state index contributed by atoms with van der Waals surface area (Å²) in [5, 5.41) is 2.00. The molecule has 2 aromatic heterocycles. The van der Waals surface area contributed by atoms with E-state index < -0.39 is 0 Å². The van der Waals surface area contributed by atoms with E-state index >= 15 is 0 Å². The fraction of sp³-hybridized carbons (Fsp3) is 0.346. The number of hydrogen-bond donors (Lipinski definition) is 0. The third-order valence-electron chi connectivity index (χ3n) is 6.65. The van der Waals surface area contributed by atoms with Crippen molar-refractivity contribution in [2.45, 2.75) is 25.3 Å². The van der Waals surface area contributed by atoms with E-state index in [1.165, 1.54) is 23.3 Å². The second-order valence-corrected chi connectivity index (χ2v) is 9.74. The van der Waals surface area contributed by atoms with Gasteiger partial charge in [-0.3, -0.25) is 14.4 Å². The average Bonchev–Trinajstić information content (AvgIpc) is 3.58. The summed E-state index contributed by atoms with van der Waals surface area (Å²) in [4.78, 5) is 44.9. The van der Waals surface area contributed by atoms with Crippen LogP contribution in [0.15, 0.2) is 58.5 Å². The molecular weight excluding hydrogens is 469 g/mol. The summed E-state index contributed by atoms with van der Waals surface area (Å²) in [5.41, 5.74) is 1.77. The van der Waals surface area contributed by atoms with E-state index in [2.05, 4.69) is 0 Å². The van der Waals surface area contributed by atoms with Gasteiger partial charge in [-0.25, -0.2) is 4.39 Å². The number of carbonyl (C=O) groups is 3. The molecule has 1 aromatic carbocycles. The number of thiophene rings is 1. The summed E-state index contributed by atoms with van der Waals surface area (Å²) < 4.78 is 19.2. The lowest BCUT2D eigenvalue weighted by Crippen LogP contribution is -2.50. The molecule has 1 saturated heterocycles. The van der Waals surface area contributed by atoms with Crippen LogP contribution in [-0.2, 0) is 16.0 Å². The number of halogens is 1. The van der Waals surface area contributed by atoms with Crippen LogP contribution < -0.4 is 0 Å². The zero-order valence-electron chi connectivity index (χ0n) is 19.2. The van der Waals surface area contributed by atoms with Crippen LogP contribution in [0, 0.1) is 5.82 Å². The Kier molecular flexibility index (Phi) is 6.68. The first-order valence-electron chi connectivity index (χ1n) is 11.7. The Labute approximate surface area is 206 Å². The predicted octanol–water partition coefficient (Wildman–Crippen LogP) is 3.72. The number of carbonyl (C=O) groups excluding carboxylic acids is 3. The van der Waals surface area contributed by atoms with Crippen molar-refractivity contribution in [3.05, 3.63) is 81.7 Å². The minimum atomic E-state index is -0.348. The Bertz CT molecular complexity index is 1220. The van der Waals surface area contributed by atoms with E-state index in [-0.39, 0.29) is 42.4 Å². The van der Waals surface area contributed by atoms with Crippen molar-refractivity contribution in [3.8, 4) is 0 Å². The minimum absolute atomic E-state index is 0.0929. The summed E-state index contributed by atoms with van der Waals surface area (Å²) in [5.74, 6) is -0.440. The highest BCUT2D eigenvalue weighted by Crippen LogP contribution is 2.38. The second kappa shape index (κ2) is 10.0. The standard InChI is InChI=1S/C26H26FN3O4S/c27-19-4-1-3-18(17-19)25-20-9-16-35-22(20)8-10-30(25)24(32)7-6-23(31)28-11-13-29(14-12-28)26(33)21-5-2-15-34-21/h1-5,9,15-17,25H,6-8,10-14H2. The highest BCUT2D eigenvalue weighted by Gasteiger charge is 2.33. The first-order valence-corrected chi connectivity index (χ1v) is 12.6. The van der Waals surface area contributed by atoms with Crippen LogP contribution in [0.4, 0.5) is 4.39 Å². The van der Waals surface area contributed by atoms with E-state index in [9.17, 15) is 18.8 Å². The lowest BCUT2D eigenvalue weighted by atomic mass is 9.92. The van der Waals surface area contributed by atoms with Gasteiger partial charge in [-0.2, -0.15) is 0 Å². The predicted molar refractivity (Wildman–Crippen MR) is 128 cm³/mol. The monoisotopic (exact) mass is 495 g/mol. The van der Waals surface area contributed by atoms with Crippen molar-refractivity contribution in [2.75, 3.05) is 32.7 Å². The van der Waals surface area contributed by atoms with Crippen LogP contribution in [0.25, 0.3) is 0 Å². The molecule has 3 aromatic rings. The van der Waals surface area contributed by atoms with E-state index in [1.54, 1.807) is 44.2 Å². The van der Waals surface area contributed by atoms with Crippen LogP contribution in [0.5, 0.6) is 0 Å². The Morgan fingerprint density at radius 2 is 1.71 bits per heavy atom. The van der Waals surface area contributed by atoms with Crippen molar-refractivity contribution in [1.82, 2.24) is 14.7 Å². The third-order valence-corrected chi connectivity index (χ3v) is 7.65. The highest BCUT2D eigenvalue weighted by atomic mass is 32.1. The number of hydrogen-bond acceptors (Lipinski definition) is 5. The molecule has 0 N–H and O–H groups in total. The van der Waals surface area contributed by atoms with E-state index in [0.717, 1.165) is 17.5 Å². The van der Waals surface area contributed by atoms with Crippen molar-refractivity contribution in [2.24, 2.45) is 0 Å². The van der Waals surface area contributed by atoms with E-state index in [0.29, 0.717) is 38.5 Å². The van der Waals surface area contributed by atoms with E-state index in [1.807, 2.05) is 17.5 Å². The van der Waals surface area contributed by atoms with Gasteiger partial charge in [0.25, 0.3) is 5.91 Å². The SMILES string of the molecule is O=C(CCC(=O)N1CCc2sccc2C1c1cccc(F)c1)N1CCN(C(=O)c2ccco2)CC1. The molecule has 0 saturated carbocycles. The van der Waals surface area contributed by atoms with Gasteiger partial charge in [0.1, 0.15) is 5.82 Å². The summed E-state index contributed by atoms with van der Waals surface area (Å²) in [6, 6.07) is 11.3. The van der Waals surface area contributed by atoms with Crippen LogP contribution >= 0.6 is 11.3 Å². The average molecular weight is 496 g/mol. The van der Waals surface area contributed by atoms with Gasteiger partial charge in [0, 0.05) is 50.4 Å². The number of rotatable bonds is 5. The molecular formula is C26H26FN3O4S. The maximum Gasteiger partial charge on any atom is 0.289 e. The molecule has 35 heavy (non-hydrogen) atoms. The summed E-state index contributed by atoms with van der Waals surface area (Å²) >= 11 is 1.65. The number of fused-ring (bicyclic) bond motifs is 1. The molecule has 2 aliphatic rings. The molecule has 9 heteroatoms. The Balaban J connectivity index is 1.20. The number of nitrogens with zero attached hydrogens (tertiary/aromatic N) is 3. The normalized spacial score (nSPS) is 17.9. The maximum absolute atomic E-state index is 14.0. The lowest BCUT2D eigenvalue weighted by molar-refractivity contribution is -0.138. The highest BCUT2D eigenvalue weighted by molar-refractivity contribution is 7.10. The molecule has 2 aliphatic heterocycles. The Hall–Kier alpha value is -3.46. The molecule has 7 nitrogen and oxygen atoms in total. The van der Waals surface area contributed by atoms with Crippen LogP contribution in [0.1, 0.15) is 45.4 Å². The van der Waals surface area contributed by atoms with Gasteiger partial charge < -0.3 is 19.1 Å². The van der Waals surface area contributed by atoms with E-state index in [4.69, 9.17) is 4.42 Å². The van der Waals surface area contributed by atoms with Crippen molar-refractivity contribution in [3.63, 3.8) is 0 Å². The van der Waals surface area contributed by atoms with Gasteiger partial charge in [0.05, 0.1) is 12.3 Å². The summed E-state index contributed by atoms with van der Waals surface area (Å²) in [6.07, 6.45) is 2.41. The third kappa shape index (κ3) is 4.86. The lowest BCUT2D eigenvalue weighted by Gasteiger charge is -2.37. The first kappa shape index (κ1) is 23.3. The smallest absolute Gasteiger partial charge is 0.289 e. The zero-order valence-corrected chi connectivity index (χ0v) is 20.0. The number of amides is 3. The fourth-order valence-electron chi connectivity index (χ4n) is 4.85. The van der Waals surface area contributed by atoms with Gasteiger partial charge in [-0.15, -0.1) is 11.3 Å². The van der Waals surface area contributed by atoms with Crippen LogP contribution in [-0.4, -0.2) is 65.1 Å². The van der Waals surface area contributed by atoms with Crippen molar-refractivity contribution in [1.29, 1.82) is 0 Å². The van der Waals surface area contributed by atoms with Crippen LogP contribution in [0.2, 0.25) is 0 Å². The second-order valence-electron chi connectivity index (χ2n) is 8.74. The summed E-state index contributed by atoms with van der Waals surface area (Å²) in [7, 11) is 0. The topological polar surface area (TPSA) is 74.1 Å². The quantitative estimate of drug-likeness (QED) is 0.541. The molecule has 1 fully saturated rings. The molecule has 1 unspecified atom stereocenters. The van der Waals surface area contributed by atoms with Crippen molar-refractivity contribution >= 4 is 29.1 Å². The molecule has 0 spiro atoms. The van der Waals surface area contributed by atoms with Crippen molar-refractivity contribution < 1.29 is 23.2 Å². The number of piperazine rings is 1. The molecule has 5 rings (SSSR count). The first-order chi connectivity index (χ1) is 17.0. The molecule has 4 heterocycles. The minimum Gasteiger partial charge on any atom is -0.459 e. The fourth-order valence-corrected chi connectivity index (χ4v) is 5.76. The molecule has 0 aliphatic carbocycles. The molecule has 1 atom stereocenters. The Morgan fingerprint density at radius 1 is 0.943 bits per heavy atom. The van der Waals surface area contributed by atoms with Gasteiger partial charge in [-0.1, -0.05) is 12.1 Å². The Morgan fingerprint density at radius 3 is 2.46 bits per heavy atom. The largest absolute Gasteiger partial charge is 0.459 e. The van der Waals surface area contributed by atoms with Gasteiger partial charge in [0.2, 0.25) is 11.8 Å². The molecule has 3 amide bonds. The zero-order chi connectivity index (χ0) is 24.4. The van der Waals surface area contributed by atoms with Gasteiger partial charge in [0.15, 0.2) is 5.76 Å². The van der Waals surface area contributed by atoms with Crippen LogP contribution in [0.3, 0.4) is 0 Å². The summed E-state index contributed by atoms with van der Waals surface area (Å²) in [6.45, 7) is 2.23. The van der Waals surface area contributed by atoms with Gasteiger partial charge in [-0.05, 0) is 53.3 Å². The number of benzene rings is 1. The molecule has 0 radical (unpaired) electrons.